The van der Waals surface area contributed by atoms with Crippen molar-refractivity contribution in [2.24, 2.45) is 5.92 Å². The molecular weight excluding hydrogens is 272 g/mol. The van der Waals surface area contributed by atoms with Gasteiger partial charge >= 0.3 is 5.97 Å². The molecule has 5 heteroatoms. The predicted molar refractivity (Wildman–Crippen MR) is 81.0 cm³/mol. The number of methoxy groups -OCH3 is 1. The molecule has 1 aliphatic rings. The molecule has 0 heterocycles. The molecule has 0 saturated carbocycles. The molecule has 0 saturated heterocycles. The highest BCUT2D eigenvalue weighted by Crippen LogP contribution is 2.42. The monoisotopic (exact) mass is 298 g/mol. The van der Waals surface area contributed by atoms with Gasteiger partial charge in [0.25, 0.3) is 0 Å². The Bertz CT molecular complexity index is 432. The Labute approximate surface area is 122 Å². The predicted octanol–water partition coefficient (Wildman–Crippen LogP) is 3.09. The van der Waals surface area contributed by atoms with Gasteiger partial charge in [-0.3, -0.25) is 0 Å². The van der Waals surface area contributed by atoms with Gasteiger partial charge in [0.05, 0.1) is 13.2 Å². The molecule has 0 aromatic rings. The number of hydrogen-bond acceptors (Lipinski definition) is 4. The summed E-state index contributed by atoms with van der Waals surface area (Å²) in [4.78, 5) is 23.0. The first-order chi connectivity index (χ1) is 9.05. The second-order valence-corrected chi connectivity index (χ2v) is 11.7. The van der Waals surface area contributed by atoms with Gasteiger partial charge in [0.1, 0.15) is 6.29 Å². The zero-order valence-corrected chi connectivity index (χ0v) is 14.6. The molecule has 0 aromatic carbocycles. The Morgan fingerprint density at radius 1 is 1.35 bits per heavy atom. The summed E-state index contributed by atoms with van der Waals surface area (Å²) in [5.41, 5.74) is 1.32. The van der Waals surface area contributed by atoms with Crippen LogP contribution in [0.4, 0.5) is 0 Å². The van der Waals surface area contributed by atoms with Crippen LogP contribution < -0.4 is 0 Å². The highest BCUT2D eigenvalue weighted by atomic mass is 28.4. The molecule has 0 N–H and O–H groups in total. The van der Waals surface area contributed by atoms with Gasteiger partial charge in [-0.1, -0.05) is 20.8 Å². The summed E-state index contributed by atoms with van der Waals surface area (Å²) in [5.74, 6) is -0.821. The first-order valence-corrected chi connectivity index (χ1v) is 9.88. The summed E-state index contributed by atoms with van der Waals surface area (Å²) in [6, 6.07) is 0. The van der Waals surface area contributed by atoms with Crippen molar-refractivity contribution < 1.29 is 18.8 Å². The fourth-order valence-corrected chi connectivity index (χ4v) is 3.54. The SMILES string of the molecule is COC(=O)C1=C(C)[C@H](O[Si](C)(C)C(C)(C)C)C[C@@H]1C=O. The average molecular weight is 298 g/mol. The Balaban J connectivity index is 3.03. The van der Waals surface area contributed by atoms with E-state index in [0.29, 0.717) is 12.0 Å². The molecule has 1 aliphatic carbocycles. The van der Waals surface area contributed by atoms with Gasteiger partial charge in [-0.15, -0.1) is 0 Å². The van der Waals surface area contributed by atoms with E-state index in [1.807, 2.05) is 6.92 Å². The second-order valence-electron chi connectivity index (χ2n) is 6.93. The number of carbonyl (C=O) groups excluding carboxylic acids is 2. The molecule has 0 spiro atoms. The van der Waals surface area contributed by atoms with Crippen LogP contribution in [0.2, 0.25) is 18.1 Å². The lowest BCUT2D eigenvalue weighted by atomic mass is 10.0. The molecular formula is C15H26O4Si. The molecule has 0 amide bonds. The third kappa shape index (κ3) is 3.20. The summed E-state index contributed by atoms with van der Waals surface area (Å²) >= 11 is 0. The molecule has 0 radical (unpaired) electrons. The minimum Gasteiger partial charge on any atom is -0.466 e. The van der Waals surface area contributed by atoms with E-state index in [2.05, 4.69) is 33.9 Å². The van der Waals surface area contributed by atoms with Crippen LogP contribution in [0.1, 0.15) is 34.1 Å². The van der Waals surface area contributed by atoms with Crippen molar-refractivity contribution in [3.05, 3.63) is 11.1 Å². The summed E-state index contributed by atoms with van der Waals surface area (Å²) in [6.45, 7) is 12.7. The lowest BCUT2D eigenvalue weighted by Crippen LogP contribution is -2.43. The zero-order valence-electron chi connectivity index (χ0n) is 13.6. The largest absolute Gasteiger partial charge is 0.466 e. The van der Waals surface area contributed by atoms with Gasteiger partial charge in [0.15, 0.2) is 8.32 Å². The lowest BCUT2D eigenvalue weighted by molar-refractivity contribution is -0.137. The molecule has 2 atom stereocenters. The third-order valence-corrected chi connectivity index (χ3v) is 9.05. The summed E-state index contributed by atoms with van der Waals surface area (Å²) in [5, 5.41) is 0.0952. The normalized spacial score (nSPS) is 23.9. The van der Waals surface area contributed by atoms with E-state index in [1.165, 1.54) is 7.11 Å². The Morgan fingerprint density at radius 3 is 2.30 bits per heavy atom. The quantitative estimate of drug-likeness (QED) is 0.455. The highest BCUT2D eigenvalue weighted by Gasteiger charge is 2.43. The van der Waals surface area contributed by atoms with E-state index in [1.54, 1.807) is 0 Å². The highest BCUT2D eigenvalue weighted by molar-refractivity contribution is 6.74. The van der Waals surface area contributed by atoms with Crippen LogP contribution in [0.3, 0.4) is 0 Å². The van der Waals surface area contributed by atoms with Gasteiger partial charge in [0.2, 0.25) is 0 Å². The third-order valence-electron chi connectivity index (χ3n) is 4.56. The second kappa shape index (κ2) is 5.82. The standard InChI is InChI=1S/C15H26O4Si/c1-10-12(19-20(6,7)15(2,3)4)8-11(9-16)13(10)14(17)18-5/h9,11-12H,8H2,1-7H3/t11-,12-/m1/s1. The number of carbonyl (C=O) groups is 2. The van der Waals surface area contributed by atoms with Crippen LogP contribution in [0.25, 0.3) is 0 Å². The zero-order chi connectivity index (χ0) is 15.7. The maximum atomic E-state index is 11.8. The number of hydrogen-bond donors (Lipinski definition) is 0. The molecule has 0 bridgehead atoms. The number of esters is 1. The number of rotatable bonds is 4. The van der Waals surface area contributed by atoms with Crippen LogP contribution in [0.5, 0.6) is 0 Å². The molecule has 0 unspecified atom stereocenters. The fourth-order valence-electron chi connectivity index (χ4n) is 2.21. The van der Waals surface area contributed by atoms with E-state index >= 15 is 0 Å². The van der Waals surface area contributed by atoms with Crippen LogP contribution in [0, 0.1) is 5.92 Å². The van der Waals surface area contributed by atoms with Crippen LogP contribution in [-0.2, 0) is 18.8 Å². The Morgan fingerprint density at radius 2 is 1.90 bits per heavy atom. The lowest BCUT2D eigenvalue weighted by Gasteiger charge is -2.38. The van der Waals surface area contributed by atoms with E-state index in [4.69, 9.17) is 9.16 Å². The average Bonchev–Trinajstić information content (AvgIpc) is 2.63. The first-order valence-electron chi connectivity index (χ1n) is 6.97. The van der Waals surface area contributed by atoms with Crippen molar-refractivity contribution in [2.75, 3.05) is 7.11 Å². The Hall–Kier alpha value is -0.943. The molecule has 0 aromatic heterocycles. The van der Waals surface area contributed by atoms with Crippen molar-refractivity contribution in [1.82, 2.24) is 0 Å². The minimum atomic E-state index is -1.93. The fraction of sp³-hybridized carbons (Fsp3) is 0.733. The molecule has 0 fully saturated rings. The van der Waals surface area contributed by atoms with Crippen LogP contribution >= 0.6 is 0 Å². The molecule has 20 heavy (non-hydrogen) atoms. The molecule has 0 aliphatic heterocycles. The topological polar surface area (TPSA) is 52.6 Å². The minimum absolute atomic E-state index is 0.0952. The van der Waals surface area contributed by atoms with Crippen LogP contribution in [0.15, 0.2) is 11.1 Å². The van der Waals surface area contributed by atoms with Crippen LogP contribution in [-0.4, -0.2) is 33.8 Å². The van der Waals surface area contributed by atoms with E-state index in [0.717, 1.165) is 11.9 Å². The maximum absolute atomic E-state index is 11.8. The van der Waals surface area contributed by atoms with Gasteiger partial charge in [-0.2, -0.15) is 0 Å². The number of ether oxygens (including phenoxy) is 1. The molecule has 114 valence electrons. The maximum Gasteiger partial charge on any atom is 0.334 e. The molecule has 1 rings (SSSR count). The van der Waals surface area contributed by atoms with Crippen molar-refractivity contribution in [3.8, 4) is 0 Å². The van der Waals surface area contributed by atoms with E-state index in [9.17, 15) is 9.59 Å². The molecule has 4 nitrogen and oxygen atoms in total. The Kier molecular flexibility index (Phi) is 4.97. The smallest absolute Gasteiger partial charge is 0.334 e. The van der Waals surface area contributed by atoms with E-state index < -0.39 is 20.2 Å². The number of aldehydes is 1. The van der Waals surface area contributed by atoms with Crippen molar-refractivity contribution in [1.29, 1.82) is 0 Å². The summed E-state index contributed by atoms with van der Waals surface area (Å²) in [6.07, 6.45) is 1.22. The van der Waals surface area contributed by atoms with Gasteiger partial charge in [-0.05, 0) is 37.0 Å². The van der Waals surface area contributed by atoms with Gasteiger partial charge in [0, 0.05) is 11.5 Å². The van der Waals surface area contributed by atoms with Crippen molar-refractivity contribution in [2.45, 2.75) is 58.4 Å². The van der Waals surface area contributed by atoms with E-state index in [-0.39, 0.29) is 11.1 Å². The van der Waals surface area contributed by atoms with Gasteiger partial charge in [-0.25, -0.2) is 4.79 Å². The van der Waals surface area contributed by atoms with Crippen molar-refractivity contribution >= 4 is 20.6 Å². The van der Waals surface area contributed by atoms with Gasteiger partial charge < -0.3 is 14.0 Å². The summed E-state index contributed by atoms with van der Waals surface area (Å²) in [7, 11) is -0.591. The summed E-state index contributed by atoms with van der Waals surface area (Å²) < 4.78 is 11.1. The first kappa shape index (κ1) is 17.1. The van der Waals surface area contributed by atoms with Crippen molar-refractivity contribution in [3.63, 3.8) is 0 Å².